The number of fused-ring (bicyclic) bond motifs is 3. The molecule has 4 nitrogen and oxygen atoms in total. The lowest BCUT2D eigenvalue weighted by Crippen LogP contribution is -2.38. The van der Waals surface area contributed by atoms with Crippen molar-refractivity contribution in [2.24, 2.45) is 0 Å². The third-order valence-electron chi connectivity index (χ3n) is 6.05. The van der Waals surface area contributed by atoms with E-state index < -0.39 is 17.7 Å². The van der Waals surface area contributed by atoms with Gasteiger partial charge in [-0.3, -0.25) is 0 Å². The van der Waals surface area contributed by atoms with Crippen molar-refractivity contribution in [3.05, 3.63) is 119 Å². The van der Waals surface area contributed by atoms with Crippen molar-refractivity contribution in [3.63, 3.8) is 0 Å². The zero-order valence-electron chi connectivity index (χ0n) is 18.3. The topological polar surface area (TPSA) is 37.3 Å². The zero-order chi connectivity index (χ0) is 23.1. The number of hydrogen-bond donors (Lipinski definition) is 1. The molecule has 0 aliphatic carbocycles. The SMILES string of the molecule is Cc1ccc(NC(=O)N2Cc3ccccc3-n3cccc3[C@H]2c2cc(F)cc(F)c2)c(C)c1. The quantitative estimate of drug-likeness (QED) is 0.377. The fourth-order valence-corrected chi connectivity index (χ4v) is 4.56. The molecule has 6 heteroatoms. The Bertz CT molecular complexity index is 1340. The number of para-hydroxylation sites is 1. The Kier molecular flexibility index (Phi) is 5.21. The highest BCUT2D eigenvalue weighted by Crippen LogP contribution is 2.37. The number of anilines is 1. The molecular formula is C27H23F2N3O. The van der Waals surface area contributed by atoms with Gasteiger partial charge in [0.2, 0.25) is 0 Å². The van der Waals surface area contributed by atoms with Gasteiger partial charge in [-0.25, -0.2) is 13.6 Å². The maximum Gasteiger partial charge on any atom is 0.322 e. The van der Waals surface area contributed by atoms with Crippen molar-refractivity contribution >= 4 is 11.7 Å². The van der Waals surface area contributed by atoms with E-state index in [-0.39, 0.29) is 12.6 Å². The number of halogens is 2. The van der Waals surface area contributed by atoms with E-state index >= 15 is 0 Å². The van der Waals surface area contributed by atoms with Crippen LogP contribution in [0.1, 0.15) is 34.0 Å². The molecule has 0 saturated heterocycles. The second-order valence-electron chi connectivity index (χ2n) is 8.41. The van der Waals surface area contributed by atoms with E-state index in [0.717, 1.165) is 34.1 Å². The predicted molar refractivity (Wildman–Crippen MR) is 124 cm³/mol. The van der Waals surface area contributed by atoms with Crippen LogP contribution in [0.5, 0.6) is 0 Å². The van der Waals surface area contributed by atoms with E-state index in [1.807, 2.05) is 79.2 Å². The van der Waals surface area contributed by atoms with Crippen LogP contribution in [-0.4, -0.2) is 15.5 Å². The Morgan fingerprint density at radius 3 is 2.45 bits per heavy atom. The van der Waals surface area contributed by atoms with Gasteiger partial charge in [0.1, 0.15) is 11.6 Å². The maximum atomic E-state index is 14.2. The molecule has 1 atom stereocenters. The molecule has 33 heavy (non-hydrogen) atoms. The highest BCUT2D eigenvalue weighted by Gasteiger charge is 2.33. The predicted octanol–water partition coefficient (Wildman–Crippen LogP) is 6.51. The van der Waals surface area contributed by atoms with Gasteiger partial charge in [0.15, 0.2) is 0 Å². The Morgan fingerprint density at radius 1 is 0.939 bits per heavy atom. The molecule has 4 aromatic rings. The second-order valence-corrected chi connectivity index (χ2v) is 8.41. The van der Waals surface area contributed by atoms with Crippen LogP contribution in [0.25, 0.3) is 5.69 Å². The van der Waals surface area contributed by atoms with Crippen LogP contribution in [0.3, 0.4) is 0 Å². The van der Waals surface area contributed by atoms with Crippen molar-refractivity contribution in [3.8, 4) is 5.69 Å². The van der Waals surface area contributed by atoms with Crippen LogP contribution in [0.15, 0.2) is 79.0 Å². The van der Waals surface area contributed by atoms with Gasteiger partial charge in [-0.15, -0.1) is 0 Å². The van der Waals surface area contributed by atoms with E-state index in [2.05, 4.69) is 5.32 Å². The van der Waals surface area contributed by atoms with Crippen LogP contribution < -0.4 is 5.32 Å². The standard InChI is InChI=1S/C27H23F2N3O/c1-17-9-10-23(18(2)12-17)30-27(33)32-16-19-6-3-4-7-24(19)31-11-5-8-25(31)26(32)20-13-21(28)15-22(29)14-20/h3-15,26H,16H2,1-2H3,(H,30,33)/t26-/m1/s1. The molecule has 0 unspecified atom stereocenters. The van der Waals surface area contributed by atoms with Crippen molar-refractivity contribution in [2.75, 3.05) is 5.32 Å². The number of aromatic nitrogens is 1. The normalized spacial score (nSPS) is 14.9. The first-order chi connectivity index (χ1) is 15.9. The average Bonchev–Trinajstić information content (AvgIpc) is 3.19. The summed E-state index contributed by atoms with van der Waals surface area (Å²) in [5.74, 6) is -1.36. The minimum Gasteiger partial charge on any atom is -0.318 e. The van der Waals surface area contributed by atoms with E-state index in [9.17, 15) is 13.6 Å². The van der Waals surface area contributed by atoms with Gasteiger partial charge >= 0.3 is 6.03 Å². The lowest BCUT2D eigenvalue weighted by molar-refractivity contribution is 0.194. The van der Waals surface area contributed by atoms with Crippen molar-refractivity contribution in [1.29, 1.82) is 0 Å². The Hall–Kier alpha value is -3.93. The van der Waals surface area contributed by atoms with Gasteiger partial charge in [0.05, 0.1) is 18.3 Å². The lowest BCUT2D eigenvalue weighted by Gasteiger charge is -2.31. The molecule has 0 saturated carbocycles. The van der Waals surface area contributed by atoms with Gasteiger partial charge in [0.25, 0.3) is 0 Å². The summed E-state index contributed by atoms with van der Waals surface area (Å²) in [6.45, 7) is 4.20. The van der Waals surface area contributed by atoms with Crippen LogP contribution in [0.4, 0.5) is 19.3 Å². The number of benzene rings is 3. The molecule has 0 spiro atoms. The molecule has 2 amide bonds. The average molecular weight is 443 g/mol. The number of carbonyl (C=O) groups is 1. The molecule has 1 aromatic heterocycles. The van der Waals surface area contributed by atoms with Gasteiger partial charge in [-0.1, -0.05) is 35.9 Å². The summed E-state index contributed by atoms with van der Waals surface area (Å²) in [5.41, 5.74) is 5.72. The summed E-state index contributed by atoms with van der Waals surface area (Å²) in [6.07, 6.45) is 1.91. The minimum atomic E-state index is -0.691. The van der Waals surface area contributed by atoms with E-state index in [4.69, 9.17) is 0 Å². The number of amides is 2. The first-order valence-electron chi connectivity index (χ1n) is 10.8. The van der Waals surface area contributed by atoms with E-state index in [1.54, 1.807) is 4.90 Å². The summed E-state index contributed by atoms with van der Waals surface area (Å²) in [4.78, 5) is 15.3. The number of nitrogens with zero attached hydrogens (tertiary/aromatic N) is 2. The maximum absolute atomic E-state index is 14.2. The molecule has 2 heterocycles. The summed E-state index contributed by atoms with van der Waals surface area (Å²) in [6, 6.07) is 19.7. The number of urea groups is 1. The molecule has 5 rings (SSSR count). The van der Waals surface area contributed by atoms with Gasteiger partial charge in [0, 0.05) is 23.6 Å². The fraction of sp³-hybridized carbons (Fsp3) is 0.148. The lowest BCUT2D eigenvalue weighted by atomic mass is 10.0. The van der Waals surface area contributed by atoms with Crippen LogP contribution >= 0.6 is 0 Å². The zero-order valence-corrected chi connectivity index (χ0v) is 18.3. The molecular weight excluding hydrogens is 420 g/mol. The molecule has 1 aliphatic heterocycles. The monoisotopic (exact) mass is 443 g/mol. The molecule has 1 aliphatic rings. The molecule has 0 bridgehead atoms. The third-order valence-corrected chi connectivity index (χ3v) is 6.05. The minimum absolute atomic E-state index is 0.275. The van der Waals surface area contributed by atoms with E-state index in [0.29, 0.717) is 11.3 Å². The number of nitrogens with one attached hydrogen (secondary N) is 1. The highest BCUT2D eigenvalue weighted by molar-refractivity contribution is 5.91. The summed E-state index contributed by atoms with van der Waals surface area (Å²) >= 11 is 0. The first-order valence-corrected chi connectivity index (χ1v) is 10.8. The Morgan fingerprint density at radius 2 is 1.70 bits per heavy atom. The van der Waals surface area contributed by atoms with Crippen LogP contribution in [0, 0.1) is 25.5 Å². The second kappa shape index (κ2) is 8.20. The van der Waals surface area contributed by atoms with E-state index in [1.165, 1.54) is 12.1 Å². The van der Waals surface area contributed by atoms with Crippen LogP contribution in [-0.2, 0) is 6.54 Å². The largest absolute Gasteiger partial charge is 0.322 e. The number of rotatable bonds is 2. The highest BCUT2D eigenvalue weighted by atomic mass is 19.1. The summed E-state index contributed by atoms with van der Waals surface area (Å²) in [7, 11) is 0. The Labute approximate surface area is 191 Å². The number of carbonyl (C=O) groups excluding carboxylic acids is 1. The summed E-state index contributed by atoms with van der Waals surface area (Å²) in [5, 5.41) is 3.01. The third kappa shape index (κ3) is 3.89. The van der Waals surface area contributed by atoms with Crippen molar-refractivity contribution in [1.82, 2.24) is 9.47 Å². The van der Waals surface area contributed by atoms with Gasteiger partial charge in [-0.05, 0) is 66.9 Å². The van der Waals surface area contributed by atoms with Gasteiger partial charge in [-0.2, -0.15) is 0 Å². The molecule has 0 fully saturated rings. The first kappa shape index (κ1) is 20.9. The number of hydrogen-bond acceptors (Lipinski definition) is 1. The van der Waals surface area contributed by atoms with Crippen molar-refractivity contribution in [2.45, 2.75) is 26.4 Å². The summed E-state index contributed by atoms with van der Waals surface area (Å²) < 4.78 is 30.5. The van der Waals surface area contributed by atoms with Crippen molar-refractivity contribution < 1.29 is 13.6 Å². The molecule has 0 radical (unpaired) electrons. The fourth-order valence-electron chi connectivity index (χ4n) is 4.56. The Balaban J connectivity index is 1.65. The smallest absolute Gasteiger partial charge is 0.318 e. The molecule has 1 N–H and O–H groups in total. The van der Waals surface area contributed by atoms with Gasteiger partial charge < -0.3 is 14.8 Å². The molecule has 3 aromatic carbocycles. The van der Waals surface area contributed by atoms with Crippen LogP contribution in [0.2, 0.25) is 0 Å². The number of aryl methyl sites for hydroxylation is 2. The molecule has 166 valence electrons.